The highest BCUT2D eigenvalue weighted by Crippen LogP contribution is 2.43. The predicted molar refractivity (Wildman–Crippen MR) is 139 cm³/mol. The van der Waals surface area contributed by atoms with Gasteiger partial charge in [0.05, 0.1) is 18.9 Å². The van der Waals surface area contributed by atoms with Gasteiger partial charge >= 0.3 is 0 Å². The van der Waals surface area contributed by atoms with Crippen LogP contribution in [0.1, 0.15) is 34.7 Å². The fourth-order valence-corrected chi connectivity index (χ4v) is 5.01. The molecule has 188 valence electrons. The second-order valence-corrected chi connectivity index (χ2v) is 9.23. The monoisotopic (exact) mass is 496 g/mol. The molecule has 0 spiro atoms. The van der Waals surface area contributed by atoms with E-state index in [2.05, 4.69) is 20.4 Å². The molecule has 4 aromatic rings. The maximum Gasteiger partial charge on any atom is 0.226 e. The van der Waals surface area contributed by atoms with Crippen molar-refractivity contribution in [3.8, 4) is 11.6 Å². The summed E-state index contributed by atoms with van der Waals surface area (Å²) in [5.41, 5.74) is 3.85. The Balaban J connectivity index is 1.32. The molecule has 9 nitrogen and oxygen atoms in total. The van der Waals surface area contributed by atoms with Gasteiger partial charge in [0.25, 0.3) is 0 Å². The van der Waals surface area contributed by atoms with Gasteiger partial charge in [-0.3, -0.25) is 4.79 Å². The number of morpholine rings is 1. The first-order valence-electron chi connectivity index (χ1n) is 12.5. The van der Waals surface area contributed by atoms with E-state index < -0.39 is 0 Å². The summed E-state index contributed by atoms with van der Waals surface area (Å²) < 4.78 is 13.3. The minimum absolute atomic E-state index is 0.0746. The smallest absolute Gasteiger partial charge is 0.226 e. The first kappa shape index (κ1) is 23.2. The summed E-state index contributed by atoms with van der Waals surface area (Å²) in [6.45, 7) is 5.34. The highest BCUT2D eigenvalue weighted by Gasteiger charge is 2.34. The van der Waals surface area contributed by atoms with Gasteiger partial charge < -0.3 is 19.7 Å². The number of nitrogens with zero attached hydrogens (tertiary/aromatic N) is 5. The minimum Gasteiger partial charge on any atom is -0.489 e. The van der Waals surface area contributed by atoms with Gasteiger partial charge in [-0.2, -0.15) is 9.78 Å². The Morgan fingerprint density at radius 2 is 1.70 bits per heavy atom. The summed E-state index contributed by atoms with van der Waals surface area (Å²) in [5.74, 6) is 2.48. The molecule has 0 saturated carbocycles. The lowest BCUT2D eigenvalue weighted by molar-refractivity contribution is -0.116. The molecule has 37 heavy (non-hydrogen) atoms. The van der Waals surface area contributed by atoms with E-state index in [4.69, 9.17) is 14.6 Å². The average molecular weight is 497 g/mol. The largest absolute Gasteiger partial charge is 0.489 e. The first-order valence-corrected chi connectivity index (χ1v) is 12.5. The first-order chi connectivity index (χ1) is 18.2. The Morgan fingerprint density at radius 3 is 2.49 bits per heavy atom. The molecule has 1 N–H and O–H groups in total. The summed E-state index contributed by atoms with van der Waals surface area (Å²) in [4.78, 5) is 15.1. The molecule has 2 aliphatic heterocycles. The van der Waals surface area contributed by atoms with Gasteiger partial charge in [0.2, 0.25) is 5.91 Å². The number of para-hydroxylation sites is 1. The number of amides is 1. The molecule has 2 aliphatic rings. The van der Waals surface area contributed by atoms with Crippen molar-refractivity contribution in [2.24, 2.45) is 0 Å². The van der Waals surface area contributed by atoms with Gasteiger partial charge in [0.1, 0.15) is 18.2 Å². The lowest BCUT2D eigenvalue weighted by Crippen LogP contribution is -2.36. The number of carbonyl (C=O) groups excluding carboxylic acids is 1. The summed E-state index contributed by atoms with van der Waals surface area (Å²) in [6.07, 6.45) is 0.312. The van der Waals surface area contributed by atoms with Gasteiger partial charge in [0, 0.05) is 36.6 Å². The second-order valence-electron chi connectivity index (χ2n) is 9.23. The number of hydrogen-bond donors (Lipinski definition) is 1. The van der Waals surface area contributed by atoms with Crippen LogP contribution in [0, 0.1) is 6.92 Å². The van der Waals surface area contributed by atoms with Gasteiger partial charge in [-0.15, -0.1) is 10.2 Å². The highest BCUT2D eigenvalue weighted by molar-refractivity contribution is 5.95. The molecule has 4 heterocycles. The van der Waals surface area contributed by atoms with E-state index in [-0.39, 0.29) is 11.8 Å². The van der Waals surface area contributed by atoms with Crippen molar-refractivity contribution in [3.63, 3.8) is 0 Å². The third-order valence-electron chi connectivity index (χ3n) is 6.82. The van der Waals surface area contributed by atoms with Crippen molar-refractivity contribution in [1.29, 1.82) is 0 Å². The SMILES string of the molecule is Cc1nn(-c2ccc(N3CCOCC3)nn2)c2c1[C@@H](c1ccccc1OCc1ccccc1)CC(=O)N2. The summed E-state index contributed by atoms with van der Waals surface area (Å²) in [6, 6.07) is 21.8. The molecule has 1 amide bonds. The van der Waals surface area contributed by atoms with Crippen LogP contribution in [0.2, 0.25) is 0 Å². The number of aromatic nitrogens is 4. The fraction of sp³-hybridized carbons (Fsp3) is 0.286. The molecular formula is C28H28N6O3. The van der Waals surface area contributed by atoms with Crippen LogP contribution in [0.5, 0.6) is 5.75 Å². The zero-order valence-electron chi connectivity index (χ0n) is 20.6. The molecular weight excluding hydrogens is 468 g/mol. The molecule has 1 fully saturated rings. The van der Waals surface area contributed by atoms with Crippen molar-refractivity contribution in [1.82, 2.24) is 20.0 Å². The average Bonchev–Trinajstić information content (AvgIpc) is 3.28. The van der Waals surface area contributed by atoms with Gasteiger partial charge in [0.15, 0.2) is 11.6 Å². The Labute approximate surface area is 215 Å². The highest BCUT2D eigenvalue weighted by atomic mass is 16.5. The van der Waals surface area contributed by atoms with Crippen LogP contribution >= 0.6 is 0 Å². The third kappa shape index (κ3) is 4.65. The Morgan fingerprint density at radius 1 is 0.973 bits per heavy atom. The van der Waals surface area contributed by atoms with Gasteiger partial charge in [-0.05, 0) is 30.7 Å². The van der Waals surface area contributed by atoms with Crippen LogP contribution in [0.15, 0.2) is 66.7 Å². The van der Waals surface area contributed by atoms with E-state index in [0.29, 0.717) is 37.9 Å². The second kappa shape index (κ2) is 10.0. The molecule has 0 bridgehead atoms. The fourth-order valence-electron chi connectivity index (χ4n) is 5.01. The summed E-state index contributed by atoms with van der Waals surface area (Å²) >= 11 is 0. The number of ether oxygens (including phenoxy) is 2. The molecule has 0 aliphatic carbocycles. The predicted octanol–water partition coefficient (Wildman–Crippen LogP) is 3.86. The number of nitrogens with one attached hydrogen (secondary N) is 1. The Hall–Kier alpha value is -4.24. The van der Waals surface area contributed by atoms with Crippen molar-refractivity contribution < 1.29 is 14.3 Å². The van der Waals surface area contributed by atoms with E-state index in [0.717, 1.165) is 47.0 Å². The van der Waals surface area contributed by atoms with E-state index in [1.165, 1.54) is 0 Å². The van der Waals surface area contributed by atoms with Crippen LogP contribution in [-0.4, -0.2) is 52.2 Å². The van der Waals surface area contributed by atoms with Gasteiger partial charge in [-0.25, -0.2) is 0 Å². The number of aryl methyl sites for hydroxylation is 1. The van der Waals surface area contributed by atoms with Crippen LogP contribution in [0.4, 0.5) is 11.6 Å². The van der Waals surface area contributed by atoms with Crippen LogP contribution in [0.3, 0.4) is 0 Å². The van der Waals surface area contributed by atoms with Crippen LogP contribution in [-0.2, 0) is 16.1 Å². The summed E-state index contributed by atoms with van der Waals surface area (Å²) in [7, 11) is 0. The lowest BCUT2D eigenvalue weighted by atomic mass is 9.85. The normalized spacial score (nSPS) is 17.3. The van der Waals surface area contributed by atoms with Crippen molar-refractivity contribution in [2.75, 3.05) is 36.5 Å². The minimum atomic E-state index is -0.190. The number of fused-ring (bicyclic) bond motifs is 1. The summed E-state index contributed by atoms with van der Waals surface area (Å²) in [5, 5.41) is 16.7. The van der Waals surface area contributed by atoms with E-state index >= 15 is 0 Å². The van der Waals surface area contributed by atoms with Crippen LogP contribution in [0.25, 0.3) is 5.82 Å². The lowest BCUT2D eigenvalue weighted by Gasteiger charge is -2.27. The molecule has 9 heteroatoms. The quantitative estimate of drug-likeness (QED) is 0.433. The number of benzene rings is 2. The van der Waals surface area contributed by atoms with Crippen LogP contribution < -0.4 is 15.0 Å². The molecule has 6 rings (SSSR count). The maximum absolute atomic E-state index is 12.9. The van der Waals surface area contributed by atoms with Crippen molar-refractivity contribution in [2.45, 2.75) is 25.9 Å². The topological polar surface area (TPSA) is 94.4 Å². The molecule has 1 atom stereocenters. The number of anilines is 2. The third-order valence-corrected chi connectivity index (χ3v) is 6.82. The molecule has 2 aromatic carbocycles. The Kier molecular flexibility index (Phi) is 6.28. The molecule has 0 radical (unpaired) electrons. The zero-order valence-corrected chi connectivity index (χ0v) is 20.6. The van der Waals surface area contributed by atoms with Crippen molar-refractivity contribution in [3.05, 3.63) is 89.1 Å². The number of hydrogen-bond acceptors (Lipinski definition) is 7. The zero-order chi connectivity index (χ0) is 25.2. The maximum atomic E-state index is 12.9. The van der Waals surface area contributed by atoms with E-state index in [1.54, 1.807) is 4.68 Å². The standard InChI is InChI=1S/C28H28N6O3/c1-19-27-22(21-9-5-6-10-23(21)37-18-20-7-3-2-4-8-20)17-26(35)29-28(27)34(32-19)25-12-11-24(30-31-25)33-13-15-36-16-14-33/h2-12,22H,13-18H2,1H3,(H,29,35)/t22-/m1/s1. The molecule has 0 unspecified atom stereocenters. The molecule has 2 aromatic heterocycles. The van der Waals surface area contributed by atoms with E-state index in [1.807, 2.05) is 73.7 Å². The molecule has 1 saturated heterocycles. The Bertz CT molecular complexity index is 1400. The van der Waals surface area contributed by atoms with E-state index in [9.17, 15) is 4.79 Å². The van der Waals surface area contributed by atoms with Gasteiger partial charge in [-0.1, -0.05) is 48.5 Å². The number of rotatable bonds is 6. The van der Waals surface area contributed by atoms with Crippen molar-refractivity contribution >= 4 is 17.5 Å². The number of carbonyl (C=O) groups is 1.